The van der Waals surface area contributed by atoms with Gasteiger partial charge < -0.3 is 5.32 Å². The molecule has 1 N–H and O–H groups in total. The average molecular weight is 231 g/mol. The topological polar surface area (TPSA) is 37.8 Å². The van der Waals surface area contributed by atoms with E-state index >= 15 is 0 Å². The first-order valence-corrected chi connectivity index (χ1v) is 5.16. The smallest absolute Gasteiger partial charge is 0.311 e. The summed E-state index contributed by atoms with van der Waals surface area (Å²) in [4.78, 5) is 0. The Bertz CT molecular complexity index is 343. The van der Waals surface area contributed by atoms with Gasteiger partial charge in [-0.2, -0.15) is 18.3 Å². The molecular weight excluding hydrogens is 219 g/mol. The van der Waals surface area contributed by atoms with Crippen LogP contribution in [-0.4, -0.2) is 16.7 Å². The van der Waals surface area contributed by atoms with Crippen molar-refractivity contribution in [3.05, 3.63) is 23.5 Å². The third kappa shape index (κ3) is 3.16. The van der Waals surface area contributed by atoms with Crippen molar-refractivity contribution in [3.63, 3.8) is 0 Å². The van der Waals surface area contributed by atoms with Crippen LogP contribution in [-0.2, 0) is 12.7 Å². The van der Waals surface area contributed by atoms with Crippen LogP contribution in [0.25, 0.3) is 0 Å². The minimum Gasteiger partial charge on any atom is -0.311 e. The van der Waals surface area contributed by atoms with Crippen molar-refractivity contribution in [2.75, 3.05) is 6.54 Å². The van der Waals surface area contributed by atoms with Gasteiger partial charge in [0.2, 0.25) is 0 Å². The molecule has 2 rings (SSSR count). The van der Waals surface area contributed by atoms with Gasteiger partial charge in [0.1, 0.15) is 0 Å². The van der Waals surface area contributed by atoms with E-state index in [1.54, 1.807) is 0 Å². The second kappa shape index (κ2) is 4.37. The van der Waals surface area contributed by atoms with Gasteiger partial charge in [0, 0.05) is 6.54 Å². The van der Waals surface area contributed by atoms with Crippen molar-refractivity contribution < 1.29 is 13.2 Å². The number of hydrogen-bond donors (Lipinski definition) is 1. The third-order valence-corrected chi connectivity index (χ3v) is 2.45. The van der Waals surface area contributed by atoms with E-state index in [-0.39, 0.29) is 0 Å². The van der Waals surface area contributed by atoms with E-state index in [0.717, 1.165) is 18.5 Å². The van der Waals surface area contributed by atoms with Gasteiger partial charge in [0.25, 0.3) is 0 Å². The van der Waals surface area contributed by atoms with Gasteiger partial charge in [0.15, 0.2) is 5.69 Å². The van der Waals surface area contributed by atoms with Crippen LogP contribution in [0.15, 0.2) is 12.1 Å². The minimum atomic E-state index is -4.41. The molecule has 0 spiro atoms. The van der Waals surface area contributed by atoms with Gasteiger partial charge in [-0.05, 0) is 37.4 Å². The highest BCUT2D eigenvalue weighted by atomic mass is 19.4. The highest BCUT2D eigenvalue weighted by Crippen LogP contribution is 2.28. The van der Waals surface area contributed by atoms with Crippen LogP contribution in [0.4, 0.5) is 13.2 Å². The monoisotopic (exact) mass is 231 g/mol. The summed E-state index contributed by atoms with van der Waals surface area (Å²) in [5, 5.41) is 9.82. The molecular formula is C10H12F3N3. The predicted molar refractivity (Wildman–Crippen MR) is 51.5 cm³/mol. The van der Waals surface area contributed by atoms with Crippen LogP contribution < -0.4 is 5.32 Å². The summed E-state index contributed by atoms with van der Waals surface area (Å²) in [6.07, 6.45) is -1.93. The Kier molecular flexibility index (Phi) is 3.09. The molecule has 0 radical (unpaired) electrons. The molecule has 1 fully saturated rings. The number of rotatable bonds is 4. The molecule has 0 unspecified atom stereocenters. The number of nitrogens with one attached hydrogen (secondary N) is 1. The van der Waals surface area contributed by atoms with Gasteiger partial charge in [0.05, 0.1) is 5.69 Å². The van der Waals surface area contributed by atoms with Crippen molar-refractivity contribution in [3.8, 4) is 0 Å². The molecule has 1 aromatic rings. The zero-order chi connectivity index (χ0) is 11.6. The van der Waals surface area contributed by atoms with E-state index in [9.17, 15) is 13.2 Å². The lowest BCUT2D eigenvalue weighted by Gasteiger charge is -2.06. The van der Waals surface area contributed by atoms with Crippen molar-refractivity contribution in [2.45, 2.75) is 25.6 Å². The Hall–Kier alpha value is -1.17. The summed E-state index contributed by atoms with van der Waals surface area (Å²) in [6.45, 7) is 1.38. The quantitative estimate of drug-likeness (QED) is 0.861. The summed E-state index contributed by atoms with van der Waals surface area (Å²) >= 11 is 0. The molecule has 0 amide bonds. The molecule has 1 aromatic heterocycles. The summed E-state index contributed by atoms with van der Waals surface area (Å²) in [7, 11) is 0. The number of nitrogens with zero attached hydrogens (tertiary/aromatic N) is 2. The first kappa shape index (κ1) is 11.3. The van der Waals surface area contributed by atoms with Crippen molar-refractivity contribution in [1.29, 1.82) is 0 Å². The largest absolute Gasteiger partial charge is 0.435 e. The zero-order valence-corrected chi connectivity index (χ0v) is 8.59. The third-order valence-electron chi connectivity index (χ3n) is 2.45. The summed E-state index contributed by atoms with van der Waals surface area (Å²) in [5.74, 6) is 0.738. The Morgan fingerprint density at radius 3 is 2.50 bits per heavy atom. The van der Waals surface area contributed by atoms with Crippen molar-refractivity contribution >= 4 is 0 Å². The van der Waals surface area contributed by atoms with Gasteiger partial charge in [-0.3, -0.25) is 0 Å². The molecule has 1 heterocycles. The first-order chi connectivity index (χ1) is 7.55. The second-order valence-electron chi connectivity index (χ2n) is 3.98. The molecule has 0 atom stereocenters. The molecule has 1 aliphatic carbocycles. The van der Waals surface area contributed by atoms with Crippen LogP contribution in [0, 0.1) is 5.92 Å². The normalized spacial score (nSPS) is 16.4. The Labute approximate surface area is 91.1 Å². The fourth-order valence-corrected chi connectivity index (χ4v) is 1.33. The van der Waals surface area contributed by atoms with Gasteiger partial charge in [-0.1, -0.05) is 0 Å². The SMILES string of the molecule is FC(F)(F)c1ccc(CNCC2CC2)nn1. The lowest BCUT2D eigenvalue weighted by molar-refractivity contribution is -0.141. The van der Waals surface area contributed by atoms with E-state index < -0.39 is 11.9 Å². The fourth-order valence-electron chi connectivity index (χ4n) is 1.33. The average Bonchev–Trinajstić information content (AvgIpc) is 3.01. The number of hydrogen-bond acceptors (Lipinski definition) is 3. The van der Waals surface area contributed by atoms with Crippen molar-refractivity contribution in [1.82, 2.24) is 15.5 Å². The molecule has 6 heteroatoms. The standard InChI is InChI=1S/C10H12F3N3/c11-10(12,13)9-4-3-8(15-16-9)6-14-5-7-1-2-7/h3-4,7,14H,1-2,5-6H2. The highest BCUT2D eigenvalue weighted by Gasteiger charge is 2.32. The summed E-state index contributed by atoms with van der Waals surface area (Å²) in [6, 6.07) is 2.32. The van der Waals surface area contributed by atoms with Gasteiger partial charge >= 0.3 is 6.18 Å². The highest BCUT2D eigenvalue weighted by molar-refractivity contribution is 5.09. The van der Waals surface area contributed by atoms with Crippen LogP contribution in [0.3, 0.4) is 0 Å². The summed E-state index contributed by atoms with van der Waals surface area (Å²) in [5.41, 5.74) is -0.410. The van der Waals surface area contributed by atoms with Crippen molar-refractivity contribution in [2.24, 2.45) is 5.92 Å². The molecule has 0 aliphatic heterocycles. The van der Waals surface area contributed by atoms with Crippen LogP contribution in [0.5, 0.6) is 0 Å². The van der Waals surface area contributed by atoms with Crippen LogP contribution in [0.1, 0.15) is 24.2 Å². The molecule has 88 valence electrons. The molecule has 16 heavy (non-hydrogen) atoms. The van der Waals surface area contributed by atoms with Gasteiger partial charge in [-0.15, -0.1) is 5.10 Å². The van der Waals surface area contributed by atoms with Crippen LogP contribution in [0.2, 0.25) is 0 Å². The van der Waals surface area contributed by atoms with E-state index in [1.807, 2.05) is 0 Å². The maximum Gasteiger partial charge on any atom is 0.435 e. The maximum atomic E-state index is 12.2. The number of halogens is 3. The molecule has 0 aromatic carbocycles. The minimum absolute atomic E-state index is 0.474. The first-order valence-electron chi connectivity index (χ1n) is 5.16. The predicted octanol–water partition coefficient (Wildman–Crippen LogP) is 1.99. The Balaban J connectivity index is 1.85. The number of aromatic nitrogens is 2. The molecule has 0 saturated heterocycles. The zero-order valence-electron chi connectivity index (χ0n) is 8.59. The molecule has 1 saturated carbocycles. The van der Waals surface area contributed by atoms with Crippen LogP contribution >= 0.6 is 0 Å². The molecule has 0 bridgehead atoms. The van der Waals surface area contributed by atoms with Gasteiger partial charge in [-0.25, -0.2) is 0 Å². The second-order valence-corrected chi connectivity index (χ2v) is 3.98. The van der Waals surface area contributed by atoms with E-state index in [2.05, 4.69) is 15.5 Å². The maximum absolute atomic E-state index is 12.2. The van der Waals surface area contributed by atoms with E-state index in [4.69, 9.17) is 0 Å². The summed E-state index contributed by atoms with van der Waals surface area (Å²) < 4.78 is 36.5. The Morgan fingerprint density at radius 2 is 2.00 bits per heavy atom. The lowest BCUT2D eigenvalue weighted by atomic mass is 10.3. The lowest BCUT2D eigenvalue weighted by Crippen LogP contribution is -2.18. The van der Waals surface area contributed by atoms with E-state index in [1.165, 1.54) is 18.9 Å². The number of alkyl halides is 3. The fraction of sp³-hybridized carbons (Fsp3) is 0.600. The Morgan fingerprint density at radius 1 is 1.25 bits per heavy atom. The molecule has 1 aliphatic rings. The molecule has 3 nitrogen and oxygen atoms in total. The van der Waals surface area contributed by atoms with E-state index in [0.29, 0.717) is 12.2 Å².